The first-order valence-corrected chi connectivity index (χ1v) is 5.77. The summed E-state index contributed by atoms with van der Waals surface area (Å²) < 4.78 is 0. The highest BCUT2D eigenvalue weighted by Crippen LogP contribution is 2.10. The summed E-state index contributed by atoms with van der Waals surface area (Å²) in [7, 11) is 2.00. The second-order valence-electron chi connectivity index (χ2n) is 3.86. The maximum atomic E-state index is 11.4. The van der Waals surface area contributed by atoms with Gasteiger partial charge in [-0.2, -0.15) is 0 Å². The van der Waals surface area contributed by atoms with Crippen LogP contribution in [-0.4, -0.2) is 26.0 Å². The Morgan fingerprint density at radius 1 is 1.31 bits per heavy atom. The maximum Gasteiger partial charge on any atom is 0.221 e. The van der Waals surface area contributed by atoms with Gasteiger partial charge in [-0.3, -0.25) is 4.79 Å². The fourth-order valence-electron chi connectivity index (χ4n) is 1.43. The predicted octanol–water partition coefficient (Wildman–Crippen LogP) is 2.04. The van der Waals surface area contributed by atoms with Gasteiger partial charge in [-0.25, -0.2) is 0 Å². The number of rotatable bonds is 6. The number of nitrogens with zero attached hydrogens (tertiary/aromatic N) is 1. The van der Waals surface area contributed by atoms with E-state index in [0.717, 1.165) is 25.2 Å². The zero-order valence-corrected chi connectivity index (χ0v) is 10.1. The van der Waals surface area contributed by atoms with Crippen LogP contribution in [0.5, 0.6) is 0 Å². The van der Waals surface area contributed by atoms with Gasteiger partial charge in [-0.05, 0) is 18.6 Å². The van der Waals surface area contributed by atoms with Crippen molar-refractivity contribution in [2.45, 2.75) is 19.8 Å². The van der Waals surface area contributed by atoms with Gasteiger partial charge in [-0.15, -0.1) is 0 Å². The van der Waals surface area contributed by atoms with E-state index in [-0.39, 0.29) is 5.91 Å². The Balaban J connectivity index is 2.30. The van der Waals surface area contributed by atoms with Crippen LogP contribution in [0.3, 0.4) is 0 Å². The van der Waals surface area contributed by atoms with E-state index in [4.69, 9.17) is 0 Å². The molecule has 0 unspecified atom stereocenters. The molecule has 0 aliphatic carbocycles. The van der Waals surface area contributed by atoms with Crippen LogP contribution in [0.2, 0.25) is 0 Å². The number of carbonyl (C=O) groups excluding carboxylic acids is 1. The molecule has 0 saturated heterocycles. The number of benzene rings is 1. The van der Waals surface area contributed by atoms with Gasteiger partial charge < -0.3 is 10.2 Å². The highest BCUT2D eigenvalue weighted by molar-refractivity contribution is 5.76. The quantitative estimate of drug-likeness (QED) is 0.795. The first-order valence-electron chi connectivity index (χ1n) is 5.77. The summed E-state index contributed by atoms with van der Waals surface area (Å²) in [5.41, 5.74) is 1.14. The number of hydrogen-bond acceptors (Lipinski definition) is 2. The van der Waals surface area contributed by atoms with Crippen LogP contribution >= 0.6 is 0 Å². The molecule has 1 rings (SSSR count). The van der Waals surface area contributed by atoms with Crippen molar-refractivity contribution in [2.24, 2.45) is 0 Å². The van der Waals surface area contributed by atoms with Crippen molar-refractivity contribution in [3.8, 4) is 0 Å². The third-order valence-electron chi connectivity index (χ3n) is 2.44. The van der Waals surface area contributed by atoms with E-state index < -0.39 is 0 Å². The Morgan fingerprint density at radius 3 is 2.62 bits per heavy atom. The molecule has 0 spiro atoms. The molecule has 0 bridgehead atoms. The first-order chi connectivity index (χ1) is 7.74. The molecule has 0 fully saturated rings. The number of amides is 1. The first kappa shape index (κ1) is 12.6. The topological polar surface area (TPSA) is 32.3 Å². The fraction of sp³-hybridized carbons (Fsp3) is 0.462. The lowest BCUT2D eigenvalue weighted by Gasteiger charge is -2.18. The lowest BCUT2D eigenvalue weighted by molar-refractivity contribution is -0.120. The Hall–Kier alpha value is -1.51. The van der Waals surface area contributed by atoms with E-state index in [1.807, 2.05) is 37.4 Å². The summed E-state index contributed by atoms with van der Waals surface area (Å²) in [6.45, 7) is 3.57. The summed E-state index contributed by atoms with van der Waals surface area (Å²) in [6.07, 6.45) is 1.53. The molecule has 0 aromatic heterocycles. The van der Waals surface area contributed by atoms with Crippen molar-refractivity contribution in [2.75, 3.05) is 25.0 Å². The minimum Gasteiger partial charge on any atom is -0.374 e. The second-order valence-corrected chi connectivity index (χ2v) is 3.86. The van der Waals surface area contributed by atoms with Crippen LogP contribution in [-0.2, 0) is 4.79 Å². The zero-order chi connectivity index (χ0) is 11.8. The number of hydrogen-bond donors (Lipinski definition) is 1. The van der Waals surface area contributed by atoms with E-state index in [1.54, 1.807) is 0 Å². The van der Waals surface area contributed by atoms with Crippen molar-refractivity contribution in [1.29, 1.82) is 0 Å². The van der Waals surface area contributed by atoms with E-state index in [2.05, 4.69) is 17.1 Å². The molecule has 0 saturated carbocycles. The van der Waals surface area contributed by atoms with Gasteiger partial charge in [0.2, 0.25) is 5.91 Å². The van der Waals surface area contributed by atoms with Crippen molar-refractivity contribution in [3.05, 3.63) is 30.3 Å². The summed E-state index contributed by atoms with van der Waals surface area (Å²) >= 11 is 0. The van der Waals surface area contributed by atoms with Gasteiger partial charge in [0, 0.05) is 32.2 Å². The van der Waals surface area contributed by atoms with Crippen LogP contribution in [0.15, 0.2) is 30.3 Å². The molecular weight excluding hydrogens is 200 g/mol. The van der Waals surface area contributed by atoms with Crippen LogP contribution < -0.4 is 10.2 Å². The van der Waals surface area contributed by atoms with Crippen LogP contribution in [0.25, 0.3) is 0 Å². The molecule has 0 aliphatic rings. The zero-order valence-electron chi connectivity index (χ0n) is 10.1. The monoisotopic (exact) mass is 220 g/mol. The molecular formula is C13H20N2O. The third-order valence-corrected chi connectivity index (χ3v) is 2.44. The molecule has 3 nitrogen and oxygen atoms in total. The SMILES string of the molecule is CCCNC(=O)CCN(C)c1ccccc1. The van der Waals surface area contributed by atoms with E-state index in [0.29, 0.717) is 6.42 Å². The Labute approximate surface area is 97.5 Å². The predicted molar refractivity (Wildman–Crippen MR) is 67.6 cm³/mol. The summed E-state index contributed by atoms with van der Waals surface area (Å²) in [6, 6.07) is 10.1. The summed E-state index contributed by atoms with van der Waals surface area (Å²) in [5, 5.41) is 2.87. The van der Waals surface area contributed by atoms with E-state index in [1.165, 1.54) is 0 Å². The molecule has 0 atom stereocenters. The van der Waals surface area contributed by atoms with Gasteiger partial charge in [0.1, 0.15) is 0 Å². The standard InChI is InChI=1S/C13H20N2O/c1-3-10-14-13(16)9-11-15(2)12-7-5-4-6-8-12/h4-8H,3,9-11H2,1-2H3,(H,14,16). The minimum atomic E-state index is 0.129. The molecule has 0 heterocycles. The number of anilines is 1. The van der Waals surface area contributed by atoms with Crippen LogP contribution in [0, 0.1) is 0 Å². The van der Waals surface area contributed by atoms with Crippen LogP contribution in [0.4, 0.5) is 5.69 Å². The molecule has 1 aromatic rings. The molecule has 1 aromatic carbocycles. The highest BCUT2D eigenvalue weighted by atomic mass is 16.1. The van der Waals surface area contributed by atoms with E-state index >= 15 is 0 Å². The Kier molecular flexibility index (Phi) is 5.40. The Morgan fingerprint density at radius 2 is 2.00 bits per heavy atom. The number of nitrogens with one attached hydrogen (secondary N) is 1. The average molecular weight is 220 g/mol. The van der Waals surface area contributed by atoms with Gasteiger partial charge in [0.05, 0.1) is 0 Å². The average Bonchev–Trinajstić information content (AvgIpc) is 2.34. The molecule has 88 valence electrons. The normalized spacial score (nSPS) is 9.88. The highest BCUT2D eigenvalue weighted by Gasteiger charge is 2.03. The third kappa shape index (κ3) is 4.34. The van der Waals surface area contributed by atoms with Gasteiger partial charge >= 0.3 is 0 Å². The number of para-hydroxylation sites is 1. The lowest BCUT2D eigenvalue weighted by Crippen LogP contribution is -2.29. The molecule has 1 amide bonds. The Bertz CT molecular complexity index is 311. The van der Waals surface area contributed by atoms with Crippen LogP contribution in [0.1, 0.15) is 19.8 Å². The van der Waals surface area contributed by atoms with E-state index in [9.17, 15) is 4.79 Å². The molecule has 3 heteroatoms. The fourth-order valence-corrected chi connectivity index (χ4v) is 1.43. The van der Waals surface area contributed by atoms with Gasteiger partial charge in [0.15, 0.2) is 0 Å². The molecule has 16 heavy (non-hydrogen) atoms. The molecule has 1 N–H and O–H groups in total. The smallest absolute Gasteiger partial charge is 0.221 e. The number of carbonyl (C=O) groups is 1. The maximum absolute atomic E-state index is 11.4. The van der Waals surface area contributed by atoms with Crippen molar-refractivity contribution >= 4 is 11.6 Å². The second kappa shape index (κ2) is 6.88. The molecule has 0 aliphatic heterocycles. The van der Waals surface area contributed by atoms with Crippen molar-refractivity contribution < 1.29 is 4.79 Å². The lowest BCUT2D eigenvalue weighted by atomic mass is 10.3. The minimum absolute atomic E-state index is 0.129. The van der Waals surface area contributed by atoms with Gasteiger partial charge in [0.25, 0.3) is 0 Å². The van der Waals surface area contributed by atoms with Crippen molar-refractivity contribution in [3.63, 3.8) is 0 Å². The molecule has 0 radical (unpaired) electrons. The summed E-state index contributed by atoms with van der Waals surface area (Å²) in [4.78, 5) is 13.5. The largest absolute Gasteiger partial charge is 0.374 e. The van der Waals surface area contributed by atoms with Gasteiger partial charge in [-0.1, -0.05) is 25.1 Å². The van der Waals surface area contributed by atoms with Crippen molar-refractivity contribution in [1.82, 2.24) is 5.32 Å². The summed E-state index contributed by atoms with van der Waals surface area (Å²) in [5.74, 6) is 0.129.